The van der Waals surface area contributed by atoms with Gasteiger partial charge >= 0.3 is 0 Å². The van der Waals surface area contributed by atoms with Gasteiger partial charge < -0.3 is 0 Å². The van der Waals surface area contributed by atoms with Gasteiger partial charge in [0.15, 0.2) is 5.78 Å². The molecule has 1 aliphatic carbocycles. The monoisotopic (exact) mass is 174 g/mol. The Bertz CT molecular complexity index is 325. The molecule has 0 aliphatic heterocycles. The Hall–Kier alpha value is -1.11. The lowest BCUT2D eigenvalue weighted by molar-refractivity contribution is 0.0971. The van der Waals surface area contributed by atoms with E-state index in [1.165, 1.54) is 11.1 Å². The first kappa shape index (κ1) is 8.49. The zero-order valence-corrected chi connectivity index (χ0v) is 7.97. The average molecular weight is 174 g/mol. The summed E-state index contributed by atoms with van der Waals surface area (Å²) < 4.78 is 0. The van der Waals surface area contributed by atoms with Gasteiger partial charge in [0.25, 0.3) is 0 Å². The Morgan fingerprint density at radius 2 is 2.15 bits per heavy atom. The largest absolute Gasteiger partial charge is 0.294 e. The van der Waals surface area contributed by atoms with Crippen LogP contribution in [0.5, 0.6) is 0 Å². The van der Waals surface area contributed by atoms with Gasteiger partial charge in [-0.3, -0.25) is 4.79 Å². The summed E-state index contributed by atoms with van der Waals surface area (Å²) in [5, 5.41) is 0. The van der Waals surface area contributed by atoms with Crippen molar-refractivity contribution in [3.63, 3.8) is 0 Å². The lowest BCUT2D eigenvalue weighted by Gasteiger charge is -2.17. The lowest BCUT2D eigenvalue weighted by Crippen LogP contribution is -2.13. The van der Waals surface area contributed by atoms with Gasteiger partial charge in [-0.1, -0.05) is 25.1 Å². The number of hydrogen-bond donors (Lipinski definition) is 0. The highest BCUT2D eigenvalue weighted by Crippen LogP contribution is 2.24. The molecule has 2 rings (SSSR count). The molecule has 1 aromatic carbocycles. The fourth-order valence-corrected chi connectivity index (χ4v) is 2.08. The number of hydrogen-bond acceptors (Lipinski definition) is 1. The minimum absolute atomic E-state index is 0.346. The smallest absolute Gasteiger partial charge is 0.163 e. The molecule has 1 aliphatic rings. The van der Waals surface area contributed by atoms with E-state index in [1.807, 2.05) is 0 Å². The van der Waals surface area contributed by atoms with Crippen molar-refractivity contribution in [2.75, 3.05) is 0 Å². The number of aryl methyl sites for hydroxylation is 2. The van der Waals surface area contributed by atoms with Crippen LogP contribution in [0.15, 0.2) is 18.2 Å². The Labute approximate surface area is 78.8 Å². The first-order chi connectivity index (χ1) is 6.33. The average Bonchev–Trinajstić information content (AvgIpc) is 2.17. The quantitative estimate of drug-likeness (QED) is 0.639. The maximum atomic E-state index is 11.7. The van der Waals surface area contributed by atoms with Gasteiger partial charge in [0.1, 0.15) is 0 Å². The zero-order chi connectivity index (χ0) is 9.26. The van der Waals surface area contributed by atoms with Crippen molar-refractivity contribution < 1.29 is 4.79 Å². The van der Waals surface area contributed by atoms with Crippen LogP contribution in [0.25, 0.3) is 0 Å². The van der Waals surface area contributed by atoms with Gasteiger partial charge in [0, 0.05) is 12.0 Å². The molecule has 0 heterocycles. The summed E-state index contributed by atoms with van der Waals surface area (Å²) >= 11 is 0. The fraction of sp³-hybridized carbons (Fsp3) is 0.417. The molecule has 0 radical (unpaired) electrons. The van der Waals surface area contributed by atoms with Crippen molar-refractivity contribution in [3.05, 3.63) is 34.9 Å². The Morgan fingerprint density at radius 1 is 1.31 bits per heavy atom. The van der Waals surface area contributed by atoms with E-state index in [0.29, 0.717) is 5.78 Å². The van der Waals surface area contributed by atoms with Crippen LogP contribution in [0.4, 0.5) is 0 Å². The molecule has 0 N–H and O–H groups in total. The SMILES string of the molecule is CCc1cccc2c1C(=O)CCC2. The first-order valence-electron chi connectivity index (χ1n) is 4.97. The third-order valence-corrected chi connectivity index (χ3v) is 2.75. The fourth-order valence-electron chi connectivity index (χ4n) is 2.08. The van der Waals surface area contributed by atoms with E-state index in [-0.39, 0.29) is 0 Å². The van der Waals surface area contributed by atoms with Crippen molar-refractivity contribution in [1.29, 1.82) is 0 Å². The van der Waals surface area contributed by atoms with Crippen LogP contribution in [0.2, 0.25) is 0 Å². The van der Waals surface area contributed by atoms with Crippen LogP contribution in [-0.4, -0.2) is 5.78 Å². The minimum atomic E-state index is 0.346. The van der Waals surface area contributed by atoms with E-state index < -0.39 is 0 Å². The highest BCUT2D eigenvalue weighted by molar-refractivity contribution is 5.99. The maximum absolute atomic E-state index is 11.7. The summed E-state index contributed by atoms with van der Waals surface area (Å²) in [7, 11) is 0. The van der Waals surface area contributed by atoms with Crippen molar-refractivity contribution in [2.45, 2.75) is 32.6 Å². The summed E-state index contributed by atoms with van der Waals surface area (Å²) in [6, 6.07) is 6.23. The molecule has 68 valence electrons. The van der Waals surface area contributed by atoms with E-state index in [1.54, 1.807) is 0 Å². The van der Waals surface area contributed by atoms with Gasteiger partial charge in [0.05, 0.1) is 0 Å². The molecule has 0 unspecified atom stereocenters. The van der Waals surface area contributed by atoms with E-state index in [9.17, 15) is 4.79 Å². The van der Waals surface area contributed by atoms with Crippen molar-refractivity contribution in [1.82, 2.24) is 0 Å². The van der Waals surface area contributed by atoms with E-state index in [0.717, 1.165) is 31.2 Å². The Balaban J connectivity index is 2.56. The second-order valence-electron chi connectivity index (χ2n) is 3.58. The first-order valence-corrected chi connectivity index (χ1v) is 4.97. The van der Waals surface area contributed by atoms with Gasteiger partial charge in [-0.05, 0) is 30.4 Å². The van der Waals surface area contributed by atoms with Crippen molar-refractivity contribution >= 4 is 5.78 Å². The molecular weight excluding hydrogens is 160 g/mol. The van der Waals surface area contributed by atoms with Crippen LogP contribution in [0.3, 0.4) is 0 Å². The van der Waals surface area contributed by atoms with Crippen molar-refractivity contribution in [2.24, 2.45) is 0 Å². The maximum Gasteiger partial charge on any atom is 0.163 e. The summed E-state index contributed by atoms with van der Waals surface area (Å²) in [5.41, 5.74) is 3.51. The number of ketones is 1. The van der Waals surface area contributed by atoms with E-state index >= 15 is 0 Å². The van der Waals surface area contributed by atoms with Gasteiger partial charge in [-0.25, -0.2) is 0 Å². The highest BCUT2D eigenvalue weighted by atomic mass is 16.1. The topological polar surface area (TPSA) is 17.1 Å². The van der Waals surface area contributed by atoms with Gasteiger partial charge in [-0.15, -0.1) is 0 Å². The van der Waals surface area contributed by atoms with E-state index in [4.69, 9.17) is 0 Å². The normalized spacial score (nSPS) is 15.6. The summed E-state index contributed by atoms with van der Waals surface area (Å²) in [4.78, 5) is 11.7. The summed E-state index contributed by atoms with van der Waals surface area (Å²) in [6.07, 6.45) is 3.81. The predicted molar refractivity (Wildman–Crippen MR) is 53.1 cm³/mol. The van der Waals surface area contributed by atoms with Gasteiger partial charge in [-0.2, -0.15) is 0 Å². The Morgan fingerprint density at radius 3 is 2.92 bits per heavy atom. The third-order valence-electron chi connectivity index (χ3n) is 2.75. The molecule has 0 spiro atoms. The molecule has 0 amide bonds. The van der Waals surface area contributed by atoms with Crippen LogP contribution < -0.4 is 0 Å². The second-order valence-corrected chi connectivity index (χ2v) is 3.58. The molecule has 0 fully saturated rings. The Kier molecular flexibility index (Phi) is 2.17. The number of benzene rings is 1. The molecule has 0 aromatic heterocycles. The molecule has 1 aromatic rings. The number of carbonyl (C=O) groups excluding carboxylic acids is 1. The van der Waals surface area contributed by atoms with Crippen molar-refractivity contribution in [3.8, 4) is 0 Å². The lowest BCUT2D eigenvalue weighted by atomic mass is 9.86. The van der Waals surface area contributed by atoms with Crippen LogP contribution >= 0.6 is 0 Å². The second kappa shape index (κ2) is 3.33. The molecule has 1 nitrogen and oxygen atoms in total. The highest BCUT2D eigenvalue weighted by Gasteiger charge is 2.18. The van der Waals surface area contributed by atoms with Crippen LogP contribution in [0.1, 0.15) is 41.3 Å². The molecule has 13 heavy (non-hydrogen) atoms. The standard InChI is InChI=1S/C12H14O/c1-2-9-5-3-6-10-7-4-8-11(13)12(9)10/h3,5-6H,2,4,7-8H2,1H3. The molecule has 0 saturated carbocycles. The predicted octanol–water partition coefficient (Wildman–Crippen LogP) is 2.77. The molecule has 0 saturated heterocycles. The summed E-state index contributed by atoms with van der Waals surface area (Å²) in [5.74, 6) is 0.346. The zero-order valence-electron chi connectivity index (χ0n) is 7.97. The summed E-state index contributed by atoms with van der Waals surface area (Å²) in [6.45, 7) is 2.11. The molecule has 0 atom stereocenters. The van der Waals surface area contributed by atoms with Gasteiger partial charge in [0.2, 0.25) is 0 Å². The van der Waals surface area contributed by atoms with Crippen LogP contribution in [0, 0.1) is 0 Å². The number of carbonyl (C=O) groups is 1. The minimum Gasteiger partial charge on any atom is -0.294 e. The molecule has 0 bridgehead atoms. The van der Waals surface area contributed by atoms with Crippen LogP contribution in [-0.2, 0) is 12.8 Å². The van der Waals surface area contributed by atoms with E-state index in [2.05, 4.69) is 25.1 Å². The third kappa shape index (κ3) is 1.39. The number of Topliss-reactive ketones (excluding diaryl/α,β-unsaturated/α-hetero) is 1. The number of rotatable bonds is 1. The molecular formula is C12H14O. The number of fused-ring (bicyclic) bond motifs is 1. The molecule has 1 heteroatoms.